The predicted octanol–water partition coefficient (Wildman–Crippen LogP) is 5.52. The van der Waals surface area contributed by atoms with Crippen LogP contribution >= 0.6 is 11.6 Å². The molecule has 25 heavy (non-hydrogen) atoms. The van der Waals surface area contributed by atoms with E-state index in [2.05, 4.69) is 36.1 Å². The van der Waals surface area contributed by atoms with Gasteiger partial charge >= 0.3 is 0 Å². The smallest absolute Gasteiger partial charge is 0.0997 e. The second kappa shape index (κ2) is 6.01. The standard InChI is InChI=1S/C22H29ClN2/c1-15-3-2-12-25(14-15)20-10-11-22(24-20)18-7-4-17(13-18)21(22)16-5-8-19(23)9-6-16/h5-6,8-9,15,17-18,21H,2-4,7,10-14H2,1H3. The number of hydrogen-bond donors (Lipinski definition) is 0. The van der Waals surface area contributed by atoms with Crippen LogP contribution in [0, 0.1) is 17.8 Å². The lowest BCUT2D eigenvalue weighted by Crippen LogP contribution is -2.40. The SMILES string of the molecule is CC1CCCN(C2=NC3(CC2)C2CCC(C2)C3c2ccc(Cl)cc2)C1. The van der Waals surface area contributed by atoms with Gasteiger partial charge in [0.1, 0.15) is 0 Å². The fraction of sp³-hybridized carbons (Fsp3) is 0.682. The summed E-state index contributed by atoms with van der Waals surface area (Å²) >= 11 is 6.15. The molecule has 2 aliphatic heterocycles. The van der Waals surface area contributed by atoms with E-state index in [1.807, 2.05) is 0 Å². The zero-order valence-corrected chi connectivity index (χ0v) is 16.0. The van der Waals surface area contributed by atoms with Gasteiger partial charge in [-0.15, -0.1) is 0 Å². The van der Waals surface area contributed by atoms with Crippen LogP contribution in [0.4, 0.5) is 0 Å². The summed E-state index contributed by atoms with van der Waals surface area (Å²) in [6.45, 7) is 4.83. The average molecular weight is 357 g/mol. The van der Waals surface area contributed by atoms with E-state index in [9.17, 15) is 0 Å². The minimum Gasteiger partial charge on any atom is -0.360 e. The molecule has 1 spiro atoms. The zero-order valence-electron chi connectivity index (χ0n) is 15.3. The number of amidine groups is 1. The van der Waals surface area contributed by atoms with E-state index in [0.717, 1.165) is 22.8 Å². The highest BCUT2D eigenvalue weighted by atomic mass is 35.5. The van der Waals surface area contributed by atoms with Crippen LogP contribution in [0.3, 0.4) is 0 Å². The molecule has 5 unspecified atom stereocenters. The molecular formula is C22H29ClN2. The van der Waals surface area contributed by atoms with E-state index in [1.165, 1.54) is 69.4 Å². The van der Waals surface area contributed by atoms with Crippen LogP contribution < -0.4 is 0 Å². The summed E-state index contributed by atoms with van der Waals surface area (Å²) in [7, 11) is 0. The third kappa shape index (κ3) is 2.55. The Bertz CT molecular complexity index is 682. The number of halogens is 1. The van der Waals surface area contributed by atoms with E-state index in [1.54, 1.807) is 0 Å². The van der Waals surface area contributed by atoms with Crippen LogP contribution in [0.2, 0.25) is 5.02 Å². The Hall–Kier alpha value is -1.02. The summed E-state index contributed by atoms with van der Waals surface area (Å²) in [6.07, 6.45) is 9.35. The Morgan fingerprint density at radius 2 is 2.00 bits per heavy atom. The Kier molecular flexibility index (Phi) is 3.89. The molecule has 5 rings (SSSR count). The summed E-state index contributed by atoms with van der Waals surface area (Å²) < 4.78 is 0. The number of aliphatic imine (C=N–C) groups is 1. The third-order valence-corrected chi connectivity index (χ3v) is 7.78. The van der Waals surface area contributed by atoms with E-state index < -0.39 is 0 Å². The van der Waals surface area contributed by atoms with Gasteiger partial charge in [0, 0.05) is 30.5 Å². The van der Waals surface area contributed by atoms with E-state index in [0.29, 0.717) is 5.92 Å². The van der Waals surface area contributed by atoms with Gasteiger partial charge in [-0.05, 0) is 74.0 Å². The molecule has 1 aromatic carbocycles. The Morgan fingerprint density at radius 3 is 2.80 bits per heavy atom. The highest BCUT2D eigenvalue weighted by Gasteiger charge is 2.60. The Morgan fingerprint density at radius 1 is 1.16 bits per heavy atom. The van der Waals surface area contributed by atoms with Gasteiger partial charge in [0.05, 0.1) is 11.4 Å². The molecule has 0 aromatic heterocycles. The second-order valence-electron chi connectivity index (χ2n) is 9.01. The van der Waals surface area contributed by atoms with Crippen molar-refractivity contribution in [2.75, 3.05) is 13.1 Å². The molecule has 2 heterocycles. The first-order chi connectivity index (χ1) is 12.2. The van der Waals surface area contributed by atoms with Crippen LogP contribution in [0.25, 0.3) is 0 Å². The van der Waals surface area contributed by atoms with Gasteiger partial charge in [-0.25, -0.2) is 0 Å². The fourth-order valence-corrected chi connectivity index (χ4v) is 6.63. The molecule has 1 saturated heterocycles. The van der Waals surface area contributed by atoms with Crippen molar-refractivity contribution in [1.29, 1.82) is 0 Å². The Balaban J connectivity index is 1.49. The molecule has 0 N–H and O–H groups in total. The van der Waals surface area contributed by atoms with E-state index >= 15 is 0 Å². The van der Waals surface area contributed by atoms with Gasteiger partial charge in [0.2, 0.25) is 0 Å². The molecule has 4 aliphatic rings. The molecule has 1 aromatic rings. The van der Waals surface area contributed by atoms with Crippen molar-refractivity contribution < 1.29 is 0 Å². The van der Waals surface area contributed by atoms with Gasteiger partial charge < -0.3 is 4.90 Å². The van der Waals surface area contributed by atoms with E-state index in [-0.39, 0.29) is 5.54 Å². The molecule has 2 bridgehead atoms. The number of likely N-dealkylation sites (tertiary alicyclic amines) is 1. The maximum Gasteiger partial charge on any atom is 0.0997 e. The van der Waals surface area contributed by atoms with Crippen LogP contribution in [-0.2, 0) is 0 Å². The number of hydrogen-bond acceptors (Lipinski definition) is 2. The van der Waals surface area contributed by atoms with Crippen molar-refractivity contribution in [3.8, 4) is 0 Å². The fourth-order valence-electron chi connectivity index (χ4n) is 6.50. The maximum atomic E-state index is 6.15. The zero-order chi connectivity index (χ0) is 17.0. The van der Waals surface area contributed by atoms with Crippen molar-refractivity contribution in [1.82, 2.24) is 4.90 Å². The summed E-state index contributed by atoms with van der Waals surface area (Å²) in [5, 5.41) is 0.846. The van der Waals surface area contributed by atoms with Crippen LogP contribution in [0.15, 0.2) is 29.3 Å². The number of rotatable bonds is 1. The van der Waals surface area contributed by atoms with Gasteiger partial charge in [0.15, 0.2) is 0 Å². The molecular weight excluding hydrogens is 328 g/mol. The number of fused-ring (bicyclic) bond motifs is 3. The minimum atomic E-state index is 0.187. The van der Waals surface area contributed by atoms with Crippen LogP contribution in [0.5, 0.6) is 0 Å². The van der Waals surface area contributed by atoms with Crippen LogP contribution in [0.1, 0.15) is 63.4 Å². The normalized spacial score (nSPS) is 40.1. The van der Waals surface area contributed by atoms with Gasteiger partial charge in [-0.1, -0.05) is 30.7 Å². The number of piperidine rings is 1. The Labute approximate surface area is 156 Å². The van der Waals surface area contributed by atoms with Gasteiger partial charge in [-0.3, -0.25) is 4.99 Å². The lowest BCUT2D eigenvalue weighted by atomic mass is 9.69. The highest BCUT2D eigenvalue weighted by molar-refractivity contribution is 6.30. The largest absolute Gasteiger partial charge is 0.360 e. The van der Waals surface area contributed by atoms with Crippen molar-refractivity contribution in [3.05, 3.63) is 34.9 Å². The first-order valence-electron chi connectivity index (χ1n) is 10.2. The molecule has 0 radical (unpaired) electrons. The first-order valence-corrected chi connectivity index (χ1v) is 10.6. The molecule has 2 nitrogen and oxygen atoms in total. The topological polar surface area (TPSA) is 15.6 Å². The molecule has 2 saturated carbocycles. The molecule has 3 heteroatoms. The van der Waals surface area contributed by atoms with E-state index in [4.69, 9.17) is 16.6 Å². The number of nitrogens with zero attached hydrogens (tertiary/aromatic N) is 2. The molecule has 0 amide bonds. The second-order valence-corrected chi connectivity index (χ2v) is 9.45. The summed E-state index contributed by atoms with van der Waals surface area (Å²) in [5.74, 6) is 4.49. The molecule has 3 fully saturated rings. The quantitative estimate of drug-likeness (QED) is 0.647. The number of benzene rings is 1. The van der Waals surface area contributed by atoms with Crippen LogP contribution in [-0.4, -0.2) is 29.4 Å². The van der Waals surface area contributed by atoms with Gasteiger partial charge in [0.25, 0.3) is 0 Å². The van der Waals surface area contributed by atoms with Crippen molar-refractivity contribution in [2.45, 2.75) is 63.3 Å². The average Bonchev–Trinajstić information content (AvgIpc) is 3.32. The molecule has 134 valence electrons. The van der Waals surface area contributed by atoms with Crippen molar-refractivity contribution in [3.63, 3.8) is 0 Å². The predicted molar refractivity (Wildman–Crippen MR) is 104 cm³/mol. The highest BCUT2D eigenvalue weighted by Crippen LogP contribution is 2.63. The van der Waals surface area contributed by atoms with Crippen molar-refractivity contribution >= 4 is 17.4 Å². The maximum absolute atomic E-state index is 6.15. The minimum absolute atomic E-state index is 0.187. The summed E-state index contributed by atoms with van der Waals surface area (Å²) in [4.78, 5) is 8.17. The summed E-state index contributed by atoms with van der Waals surface area (Å²) in [5.41, 5.74) is 1.67. The lowest BCUT2D eigenvalue weighted by Gasteiger charge is -2.39. The van der Waals surface area contributed by atoms with Crippen molar-refractivity contribution in [2.24, 2.45) is 22.7 Å². The monoisotopic (exact) mass is 356 g/mol. The molecule has 2 aliphatic carbocycles. The first kappa shape index (κ1) is 16.2. The lowest BCUT2D eigenvalue weighted by molar-refractivity contribution is 0.234. The van der Waals surface area contributed by atoms with Gasteiger partial charge in [-0.2, -0.15) is 0 Å². The molecule has 5 atom stereocenters. The summed E-state index contributed by atoms with van der Waals surface area (Å²) in [6, 6.07) is 8.68. The third-order valence-electron chi connectivity index (χ3n) is 7.53.